The minimum Gasteiger partial charge on any atom is -0.325 e. The first-order valence-corrected chi connectivity index (χ1v) is 13.1. The molecule has 1 amide bonds. The minimum absolute atomic E-state index is 0.140. The third-order valence-corrected chi connectivity index (χ3v) is 8.09. The lowest BCUT2D eigenvalue weighted by molar-refractivity contribution is -0.115. The van der Waals surface area contributed by atoms with Crippen LogP contribution in [0.3, 0.4) is 0 Å². The summed E-state index contributed by atoms with van der Waals surface area (Å²) in [5, 5.41) is 11.4. The van der Waals surface area contributed by atoms with Crippen molar-refractivity contribution in [2.24, 2.45) is 0 Å². The van der Waals surface area contributed by atoms with E-state index in [-0.39, 0.29) is 16.6 Å². The molecule has 0 saturated heterocycles. The molecule has 0 aliphatic heterocycles. The molecule has 0 bridgehead atoms. The molecule has 33 heavy (non-hydrogen) atoms. The number of hydrogen-bond acceptors (Lipinski definition) is 6. The van der Waals surface area contributed by atoms with E-state index in [9.17, 15) is 13.2 Å². The number of sulfone groups is 1. The van der Waals surface area contributed by atoms with Crippen molar-refractivity contribution in [3.05, 3.63) is 78.1 Å². The van der Waals surface area contributed by atoms with Gasteiger partial charge < -0.3 is 9.88 Å². The van der Waals surface area contributed by atoms with Crippen LogP contribution in [0.2, 0.25) is 0 Å². The lowest BCUT2D eigenvalue weighted by Gasteiger charge is -2.16. The summed E-state index contributed by atoms with van der Waals surface area (Å²) in [4.78, 5) is 13.1. The number of nitrogens with zero attached hydrogens (tertiary/aromatic N) is 3. The largest absolute Gasteiger partial charge is 0.325 e. The average molecular weight is 485 g/mol. The maximum atomic E-state index is 12.9. The molecular formula is C24H28N4O3S2. The number of aromatic nitrogens is 3. The Morgan fingerprint density at radius 3 is 2.48 bits per heavy atom. The predicted molar refractivity (Wildman–Crippen MR) is 132 cm³/mol. The SMILES string of the molecule is C=CCn1c(CS(=O)(=O)c2ccc(C)cc2)nnc1SC(CC)C(=O)Nc1ccccc1C. The summed E-state index contributed by atoms with van der Waals surface area (Å²) in [5.41, 5.74) is 2.72. The van der Waals surface area contributed by atoms with Gasteiger partial charge in [-0.3, -0.25) is 4.79 Å². The highest BCUT2D eigenvalue weighted by molar-refractivity contribution is 8.00. The third kappa shape index (κ3) is 6.11. The van der Waals surface area contributed by atoms with Crippen molar-refractivity contribution in [3.8, 4) is 0 Å². The molecule has 1 unspecified atom stereocenters. The number of rotatable bonds is 10. The Balaban J connectivity index is 1.82. The summed E-state index contributed by atoms with van der Waals surface area (Å²) in [7, 11) is -3.60. The van der Waals surface area contributed by atoms with E-state index in [1.165, 1.54) is 11.8 Å². The summed E-state index contributed by atoms with van der Waals surface area (Å²) in [6.45, 7) is 9.87. The van der Waals surface area contributed by atoms with Gasteiger partial charge in [-0.25, -0.2) is 8.42 Å². The number of benzene rings is 2. The molecule has 0 fully saturated rings. The molecule has 0 radical (unpaired) electrons. The fraction of sp³-hybridized carbons (Fsp3) is 0.292. The molecule has 0 saturated carbocycles. The van der Waals surface area contributed by atoms with Crippen molar-refractivity contribution in [2.45, 2.75) is 54.8 Å². The van der Waals surface area contributed by atoms with Crippen LogP contribution in [0.1, 0.15) is 30.3 Å². The van der Waals surface area contributed by atoms with Crippen LogP contribution in [0.4, 0.5) is 5.69 Å². The van der Waals surface area contributed by atoms with Crippen LogP contribution in [0.5, 0.6) is 0 Å². The smallest absolute Gasteiger partial charge is 0.237 e. The van der Waals surface area contributed by atoms with Gasteiger partial charge in [-0.05, 0) is 44.0 Å². The molecule has 1 N–H and O–H groups in total. The maximum Gasteiger partial charge on any atom is 0.237 e. The number of para-hydroxylation sites is 1. The van der Waals surface area contributed by atoms with Gasteiger partial charge in [0.2, 0.25) is 5.91 Å². The Hall–Kier alpha value is -2.91. The first-order valence-electron chi connectivity index (χ1n) is 10.6. The molecule has 1 atom stereocenters. The quantitative estimate of drug-likeness (QED) is 0.335. The Morgan fingerprint density at radius 1 is 1.15 bits per heavy atom. The highest BCUT2D eigenvalue weighted by atomic mass is 32.2. The van der Waals surface area contributed by atoms with Gasteiger partial charge in [0.15, 0.2) is 15.0 Å². The van der Waals surface area contributed by atoms with Gasteiger partial charge in [0.05, 0.1) is 10.1 Å². The molecule has 7 nitrogen and oxygen atoms in total. The molecule has 1 heterocycles. The van der Waals surface area contributed by atoms with Crippen LogP contribution in [0, 0.1) is 13.8 Å². The number of amides is 1. The summed E-state index contributed by atoms with van der Waals surface area (Å²) in [5.74, 6) is -0.116. The number of allylic oxidation sites excluding steroid dienone is 1. The summed E-state index contributed by atoms with van der Waals surface area (Å²) < 4.78 is 27.5. The van der Waals surface area contributed by atoms with E-state index >= 15 is 0 Å². The van der Waals surface area contributed by atoms with E-state index < -0.39 is 15.1 Å². The van der Waals surface area contributed by atoms with E-state index in [1.54, 1.807) is 34.9 Å². The highest BCUT2D eigenvalue weighted by Crippen LogP contribution is 2.27. The van der Waals surface area contributed by atoms with Crippen molar-refractivity contribution in [2.75, 3.05) is 5.32 Å². The lowest BCUT2D eigenvalue weighted by atomic mass is 10.2. The van der Waals surface area contributed by atoms with Gasteiger partial charge in [0.25, 0.3) is 0 Å². The van der Waals surface area contributed by atoms with Crippen molar-refractivity contribution in [1.82, 2.24) is 14.8 Å². The Bertz CT molecular complexity index is 1230. The summed E-state index contributed by atoms with van der Waals surface area (Å²) in [6.07, 6.45) is 2.23. The number of carbonyl (C=O) groups excluding carboxylic acids is 1. The maximum absolute atomic E-state index is 12.9. The van der Waals surface area contributed by atoms with Crippen molar-refractivity contribution in [1.29, 1.82) is 0 Å². The van der Waals surface area contributed by atoms with E-state index in [0.29, 0.717) is 23.9 Å². The van der Waals surface area contributed by atoms with E-state index in [0.717, 1.165) is 16.8 Å². The lowest BCUT2D eigenvalue weighted by Crippen LogP contribution is -2.25. The number of hydrogen-bond donors (Lipinski definition) is 1. The summed E-state index contributed by atoms with van der Waals surface area (Å²) >= 11 is 1.27. The normalized spacial score (nSPS) is 12.3. The van der Waals surface area contributed by atoms with E-state index in [1.807, 2.05) is 45.0 Å². The zero-order valence-electron chi connectivity index (χ0n) is 19.0. The zero-order chi connectivity index (χ0) is 24.0. The molecule has 0 aliphatic rings. The first-order chi connectivity index (χ1) is 15.7. The van der Waals surface area contributed by atoms with E-state index in [2.05, 4.69) is 22.1 Å². The monoisotopic (exact) mass is 484 g/mol. The highest BCUT2D eigenvalue weighted by Gasteiger charge is 2.25. The second kappa shape index (κ2) is 10.8. The average Bonchev–Trinajstić information content (AvgIpc) is 3.14. The Labute approximate surface area is 199 Å². The number of thioether (sulfide) groups is 1. The molecule has 9 heteroatoms. The van der Waals surface area contributed by atoms with Gasteiger partial charge in [-0.15, -0.1) is 16.8 Å². The van der Waals surface area contributed by atoms with Crippen LogP contribution in [-0.4, -0.2) is 34.3 Å². The van der Waals surface area contributed by atoms with Gasteiger partial charge in [-0.1, -0.05) is 60.7 Å². The fourth-order valence-corrected chi connectivity index (χ4v) is 5.45. The molecular weight excluding hydrogens is 456 g/mol. The molecule has 3 aromatic rings. The van der Waals surface area contributed by atoms with Crippen LogP contribution in [0.25, 0.3) is 0 Å². The molecule has 1 aromatic heterocycles. The second-order valence-electron chi connectivity index (χ2n) is 7.69. The first kappa shape index (κ1) is 24.7. The van der Waals surface area contributed by atoms with Gasteiger partial charge in [0, 0.05) is 12.2 Å². The van der Waals surface area contributed by atoms with Crippen LogP contribution in [0.15, 0.2) is 71.2 Å². The Morgan fingerprint density at radius 2 is 1.85 bits per heavy atom. The van der Waals surface area contributed by atoms with Crippen LogP contribution in [-0.2, 0) is 26.9 Å². The second-order valence-corrected chi connectivity index (χ2v) is 10.8. The number of aryl methyl sites for hydroxylation is 2. The Kier molecular flexibility index (Phi) is 8.10. The van der Waals surface area contributed by atoms with Gasteiger partial charge in [0.1, 0.15) is 11.6 Å². The third-order valence-electron chi connectivity index (χ3n) is 5.12. The molecule has 2 aromatic carbocycles. The zero-order valence-corrected chi connectivity index (χ0v) is 20.6. The fourth-order valence-electron chi connectivity index (χ4n) is 3.20. The summed E-state index contributed by atoms with van der Waals surface area (Å²) in [6, 6.07) is 14.3. The van der Waals surface area contributed by atoms with Crippen molar-refractivity contribution in [3.63, 3.8) is 0 Å². The molecule has 3 rings (SSSR count). The van der Waals surface area contributed by atoms with Gasteiger partial charge in [-0.2, -0.15) is 0 Å². The number of nitrogens with one attached hydrogen (secondary N) is 1. The molecule has 174 valence electrons. The molecule has 0 spiro atoms. The predicted octanol–water partition coefficient (Wildman–Crippen LogP) is 4.56. The topological polar surface area (TPSA) is 93.9 Å². The van der Waals surface area contributed by atoms with Crippen LogP contribution >= 0.6 is 11.8 Å². The minimum atomic E-state index is -3.60. The molecule has 0 aliphatic carbocycles. The van der Waals surface area contributed by atoms with E-state index in [4.69, 9.17) is 0 Å². The number of carbonyl (C=O) groups is 1. The standard InChI is InChI=1S/C24H28N4O3S2/c1-5-15-28-22(16-33(30,31)19-13-11-17(3)12-14-19)26-27-24(28)32-21(6-2)23(29)25-20-10-8-7-9-18(20)4/h5,7-14,21H,1,6,15-16H2,2-4H3,(H,25,29). The number of anilines is 1. The van der Waals surface area contributed by atoms with Crippen molar-refractivity contribution >= 4 is 33.2 Å². The van der Waals surface area contributed by atoms with Crippen LogP contribution < -0.4 is 5.32 Å². The van der Waals surface area contributed by atoms with Gasteiger partial charge >= 0.3 is 0 Å². The van der Waals surface area contributed by atoms with Crippen molar-refractivity contribution < 1.29 is 13.2 Å².